The maximum absolute atomic E-state index is 12.8. The molecule has 3 aliphatic rings. The summed E-state index contributed by atoms with van der Waals surface area (Å²) in [7, 11) is 0. The van der Waals surface area contributed by atoms with Crippen LogP contribution in [-0.2, 0) is 9.59 Å². The van der Waals surface area contributed by atoms with Gasteiger partial charge in [0.25, 0.3) is 0 Å². The van der Waals surface area contributed by atoms with Crippen LogP contribution in [0.2, 0.25) is 0 Å². The van der Waals surface area contributed by atoms with E-state index < -0.39 is 16.2 Å². The molecule has 0 aliphatic heterocycles. The number of ketones is 2. The molecule has 1 fully saturated rings. The lowest BCUT2D eigenvalue weighted by Gasteiger charge is -2.56. The number of allylic oxidation sites excluding steroid dienone is 6. The fraction of sp³-hybridized carbons (Fsp3) is 0.478. The summed E-state index contributed by atoms with van der Waals surface area (Å²) in [6.07, 6.45) is 7.02. The van der Waals surface area contributed by atoms with Crippen LogP contribution in [0.3, 0.4) is 0 Å². The third-order valence-corrected chi connectivity index (χ3v) is 6.42. The Bertz CT molecular complexity index is 984. The Balaban J connectivity index is 2.31. The molecule has 0 unspecified atom stereocenters. The zero-order valence-electron chi connectivity index (χ0n) is 16.1. The molecular weight excluding hydrogens is 336 g/mol. The molecule has 4 heteroatoms. The highest BCUT2D eigenvalue weighted by molar-refractivity contribution is 6.09. The minimum absolute atomic E-state index is 0.0396. The monoisotopic (exact) mass is 358 g/mol. The van der Waals surface area contributed by atoms with Gasteiger partial charge in [0.05, 0.1) is 16.6 Å². The summed E-state index contributed by atoms with van der Waals surface area (Å²) in [6, 6.07) is 4.04. The molecule has 0 N–H and O–H groups in total. The van der Waals surface area contributed by atoms with Crippen LogP contribution in [-0.4, -0.2) is 11.6 Å². The van der Waals surface area contributed by atoms with Crippen LogP contribution < -0.4 is 0 Å². The number of nitrogens with zero attached hydrogens (tertiary/aromatic N) is 2. The second-order valence-corrected chi connectivity index (χ2v) is 8.31. The quantitative estimate of drug-likeness (QED) is 0.616. The number of hydrogen-bond acceptors (Lipinski definition) is 4. The highest BCUT2D eigenvalue weighted by atomic mass is 16.1. The second kappa shape index (κ2) is 6.07. The predicted octanol–water partition coefficient (Wildman–Crippen LogP) is 3.82. The van der Waals surface area contributed by atoms with E-state index in [0.29, 0.717) is 12.8 Å². The molecule has 3 atom stereocenters. The summed E-state index contributed by atoms with van der Waals surface area (Å²) < 4.78 is 0. The highest BCUT2D eigenvalue weighted by Crippen LogP contribution is 2.63. The molecule has 0 heterocycles. The van der Waals surface area contributed by atoms with Crippen molar-refractivity contribution >= 4 is 11.6 Å². The van der Waals surface area contributed by atoms with Gasteiger partial charge in [-0.2, -0.15) is 10.5 Å². The number of carbonyl (C=O) groups is 2. The molecular formula is C23H22N2O2. The van der Waals surface area contributed by atoms with Crippen LogP contribution in [0.4, 0.5) is 0 Å². The summed E-state index contributed by atoms with van der Waals surface area (Å²) >= 11 is 0. The minimum atomic E-state index is -0.706. The summed E-state index contributed by atoms with van der Waals surface area (Å²) in [4.78, 5) is 25.3. The van der Waals surface area contributed by atoms with E-state index in [1.165, 1.54) is 6.08 Å². The lowest BCUT2D eigenvalue weighted by Crippen LogP contribution is -2.53. The van der Waals surface area contributed by atoms with E-state index >= 15 is 0 Å². The molecule has 0 aromatic carbocycles. The Labute approximate surface area is 160 Å². The molecule has 3 rings (SSSR count). The molecule has 0 bridgehead atoms. The topological polar surface area (TPSA) is 81.7 Å². The van der Waals surface area contributed by atoms with E-state index in [-0.39, 0.29) is 28.6 Å². The van der Waals surface area contributed by atoms with Gasteiger partial charge >= 0.3 is 0 Å². The van der Waals surface area contributed by atoms with Gasteiger partial charge in [0.15, 0.2) is 11.6 Å². The third-order valence-electron chi connectivity index (χ3n) is 6.42. The van der Waals surface area contributed by atoms with E-state index in [2.05, 4.69) is 11.8 Å². The SMILES string of the molecule is CCC#C[C@@]12C=C(C#N)C(=O)C=C1[C@@]1(C)C=C(C#N)C(=O)C(C)(C)[C@@H]1CC2. The Kier molecular flexibility index (Phi) is 4.25. The van der Waals surface area contributed by atoms with Gasteiger partial charge in [0, 0.05) is 17.3 Å². The Morgan fingerprint density at radius 2 is 1.78 bits per heavy atom. The van der Waals surface area contributed by atoms with Crippen LogP contribution in [0, 0.1) is 56.7 Å². The van der Waals surface area contributed by atoms with Crippen molar-refractivity contribution in [1.82, 2.24) is 0 Å². The first-order chi connectivity index (χ1) is 12.7. The molecule has 1 saturated carbocycles. The van der Waals surface area contributed by atoms with Gasteiger partial charge in [-0.15, -0.1) is 5.92 Å². The van der Waals surface area contributed by atoms with Crippen LogP contribution in [0.1, 0.15) is 47.0 Å². The lowest BCUT2D eigenvalue weighted by molar-refractivity contribution is -0.130. The van der Waals surface area contributed by atoms with Crippen molar-refractivity contribution in [2.45, 2.75) is 47.0 Å². The van der Waals surface area contributed by atoms with E-state index in [4.69, 9.17) is 0 Å². The normalized spacial score (nSPS) is 33.7. The summed E-state index contributed by atoms with van der Waals surface area (Å²) in [5.41, 5.74) is -0.987. The number of Topliss-reactive ketones (excluding diaryl/α,β-unsaturated/α-hetero) is 1. The van der Waals surface area contributed by atoms with E-state index in [0.717, 1.165) is 12.0 Å². The van der Waals surface area contributed by atoms with E-state index in [1.54, 1.807) is 12.2 Å². The number of hydrogen-bond donors (Lipinski definition) is 0. The van der Waals surface area contributed by atoms with Crippen molar-refractivity contribution in [3.63, 3.8) is 0 Å². The fourth-order valence-corrected chi connectivity index (χ4v) is 5.18. The third kappa shape index (κ3) is 2.50. The Hall–Kier alpha value is -2.90. The minimum Gasteiger partial charge on any atom is -0.293 e. The molecule has 0 spiro atoms. The maximum atomic E-state index is 12.8. The molecule has 0 amide bonds. The average molecular weight is 358 g/mol. The number of rotatable bonds is 0. The standard InChI is InChI=1S/C23H22N2O2/c1-5-6-8-23-9-7-18-21(2,3)20(27)16(14-25)11-22(18,4)19(23)10-17(26)15(12-23)13-24/h10-12,18H,5,7,9H2,1-4H3/t18-,22-,23+/m0/s1. The first-order valence-corrected chi connectivity index (χ1v) is 9.24. The lowest BCUT2D eigenvalue weighted by atomic mass is 9.45. The molecule has 136 valence electrons. The highest BCUT2D eigenvalue weighted by Gasteiger charge is 2.59. The molecule has 3 aliphatic carbocycles. The van der Waals surface area contributed by atoms with Crippen LogP contribution in [0.25, 0.3) is 0 Å². The molecule has 0 saturated heterocycles. The average Bonchev–Trinajstić information content (AvgIpc) is 2.63. The number of carbonyl (C=O) groups excluding carboxylic acids is 2. The van der Waals surface area contributed by atoms with E-state index in [9.17, 15) is 20.1 Å². The second-order valence-electron chi connectivity index (χ2n) is 8.31. The summed E-state index contributed by atoms with van der Waals surface area (Å²) in [5.74, 6) is 5.92. The predicted molar refractivity (Wildman–Crippen MR) is 101 cm³/mol. The molecule has 0 aromatic rings. The maximum Gasteiger partial charge on any atom is 0.196 e. The Morgan fingerprint density at radius 3 is 2.37 bits per heavy atom. The number of fused-ring (bicyclic) bond motifs is 3. The number of nitriles is 2. The smallest absolute Gasteiger partial charge is 0.196 e. The molecule has 0 aromatic heterocycles. The van der Waals surface area contributed by atoms with Crippen LogP contribution >= 0.6 is 0 Å². The first-order valence-electron chi connectivity index (χ1n) is 9.24. The van der Waals surface area contributed by atoms with Crippen molar-refractivity contribution in [3.05, 3.63) is 34.9 Å². The zero-order valence-corrected chi connectivity index (χ0v) is 16.1. The van der Waals surface area contributed by atoms with Gasteiger partial charge in [-0.05, 0) is 36.5 Å². The van der Waals surface area contributed by atoms with Gasteiger partial charge in [0.2, 0.25) is 0 Å². The molecule has 4 nitrogen and oxygen atoms in total. The molecule has 27 heavy (non-hydrogen) atoms. The van der Waals surface area contributed by atoms with Crippen LogP contribution in [0.5, 0.6) is 0 Å². The largest absolute Gasteiger partial charge is 0.293 e. The van der Waals surface area contributed by atoms with Gasteiger partial charge in [-0.1, -0.05) is 39.7 Å². The van der Waals surface area contributed by atoms with Crippen molar-refractivity contribution in [2.24, 2.45) is 22.2 Å². The Morgan fingerprint density at radius 1 is 1.11 bits per heavy atom. The first kappa shape index (κ1) is 18.9. The zero-order chi connectivity index (χ0) is 20.0. The van der Waals surface area contributed by atoms with Gasteiger partial charge in [-0.25, -0.2) is 0 Å². The van der Waals surface area contributed by atoms with Crippen molar-refractivity contribution < 1.29 is 9.59 Å². The van der Waals surface area contributed by atoms with Crippen molar-refractivity contribution in [3.8, 4) is 24.0 Å². The van der Waals surface area contributed by atoms with Crippen molar-refractivity contribution in [1.29, 1.82) is 10.5 Å². The van der Waals surface area contributed by atoms with Crippen molar-refractivity contribution in [2.75, 3.05) is 0 Å². The van der Waals surface area contributed by atoms with Crippen LogP contribution in [0.15, 0.2) is 34.9 Å². The van der Waals surface area contributed by atoms with Gasteiger partial charge in [-0.3, -0.25) is 9.59 Å². The van der Waals surface area contributed by atoms with Gasteiger partial charge in [0.1, 0.15) is 12.1 Å². The summed E-state index contributed by atoms with van der Waals surface area (Å²) in [6.45, 7) is 7.72. The fourth-order valence-electron chi connectivity index (χ4n) is 5.18. The molecule has 0 radical (unpaired) electrons. The van der Waals surface area contributed by atoms with E-state index in [1.807, 2.05) is 39.8 Å². The van der Waals surface area contributed by atoms with Gasteiger partial charge < -0.3 is 0 Å². The summed E-state index contributed by atoms with van der Waals surface area (Å²) in [5, 5.41) is 18.9.